The Morgan fingerprint density at radius 2 is 1.84 bits per heavy atom. The molecule has 1 fully saturated rings. The number of rotatable bonds is 8. The molecule has 0 aliphatic carbocycles. The summed E-state index contributed by atoms with van der Waals surface area (Å²) >= 11 is 0. The number of benzene rings is 2. The van der Waals surface area contributed by atoms with Crippen LogP contribution >= 0.6 is 0 Å². The van der Waals surface area contributed by atoms with Gasteiger partial charge in [0.05, 0.1) is 6.20 Å². The molecule has 168 valence electrons. The third-order valence-electron chi connectivity index (χ3n) is 6.01. The lowest BCUT2D eigenvalue weighted by Crippen LogP contribution is -2.46. The second kappa shape index (κ2) is 10.4. The summed E-state index contributed by atoms with van der Waals surface area (Å²) in [6.45, 7) is 6.75. The maximum absolute atomic E-state index is 13.6. The Hall–Kier alpha value is -3.19. The first kappa shape index (κ1) is 22.0. The number of carbonyl (C=O) groups excluding carboxylic acids is 1. The quantitative estimate of drug-likeness (QED) is 0.513. The molecule has 0 unspecified atom stereocenters. The largest absolute Gasteiger partial charge is 0.369 e. The summed E-state index contributed by atoms with van der Waals surface area (Å²) in [7, 11) is 0. The van der Waals surface area contributed by atoms with Gasteiger partial charge in [0.25, 0.3) is 0 Å². The van der Waals surface area contributed by atoms with Crippen molar-refractivity contribution in [2.45, 2.75) is 26.2 Å². The number of H-pyrrole nitrogens is 1. The summed E-state index contributed by atoms with van der Waals surface area (Å²) in [6, 6.07) is 12.8. The number of hydrogen-bond donors (Lipinski definition) is 2. The topological polar surface area (TPSA) is 64.3 Å². The van der Waals surface area contributed by atoms with Crippen molar-refractivity contribution in [1.82, 2.24) is 15.1 Å². The molecule has 1 aromatic heterocycles. The lowest BCUT2D eigenvalue weighted by Gasteiger charge is -2.36. The maximum Gasteiger partial charge on any atom is 0.224 e. The molecule has 7 heteroatoms. The van der Waals surface area contributed by atoms with E-state index in [4.69, 9.17) is 0 Å². The van der Waals surface area contributed by atoms with Gasteiger partial charge in [0.1, 0.15) is 5.82 Å². The first-order valence-corrected chi connectivity index (χ1v) is 11.2. The van der Waals surface area contributed by atoms with Crippen molar-refractivity contribution in [3.05, 3.63) is 66.2 Å². The van der Waals surface area contributed by atoms with Crippen LogP contribution in [0.25, 0.3) is 11.1 Å². The number of carbonyl (C=O) groups is 1. The van der Waals surface area contributed by atoms with E-state index in [-0.39, 0.29) is 11.7 Å². The van der Waals surface area contributed by atoms with Crippen molar-refractivity contribution >= 4 is 17.3 Å². The molecule has 1 saturated heterocycles. The molecule has 1 aliphatic heterocycles. The number of amides is 1. The highest BCUT2D eigenvalue weighted by atomic mass is 19.1. The number of aromatic nitrogens is 2. The minimum Gasteiger partial charge on any atom is -0.369 e. The summed E-state index contributed by atoms with van der Waals surface area (Å²) in [5, 5.41) is 9.73. The zero-order valence-electron chi connectivity index (χ0n) is 18.5. The van der Waals surface area contributed by atoms with E-state index >= 15 is 0 Å². The molecule has 0 radical (unpaired) electrons. The molecule has 6 nitrogen and oxygen atoms in total. The number of nitrogens with zero attached hydrogens (tertiary/aromatic N) is 3. The van der Waals surface area contributed by atoms with Gasteiger partial charge in [-0.2, -0.15) is 5.10 Å². The Kier molecular flexibility index (Phi) is 7.17. The van der Waals surface area contributed by atoms with Crippen LogP contribution < -0.4 is 10.2 Å². The van der Waals surface area contributed by atoms with Gasteiger partial charge < -0.3 is 10.2 Å². The van der Waals surface area contributed by atoms with Gasteiger partial charge in [0.2, 0.25) is 5.91 Å². The molecule has 2 N–H and O–H groups in total. The Labute approximate surface area is 188 Å². The number of aryl methyl sites for hydroxylation is 1. The Morgan fingerprint density at radius 3 is 2.56 bits per heavy atom. The van der Waals surface area contributed by atoms with Gasteiger partial charge >= 0.3 is 0 Å². The fourth-order valence-electron chi connectivity index (χ4n) is 4.13. The van der Waals surface area contributed by atoms with Crippen LogP contribution in [0.15, 0.2) is 54.9 Å². The number of hydrogen-bond acceptors (Lipinski definition) is 4. The number of halogens is 1. The fourth-order valence-corrected chi connectivity index (χ4v) is 4.13. The average molecular weight is 436 g/mol. The molecule has 32 heavy (non-hydrogen) atoms. The monoisotopic (exact) mass is 435 g/mol. The van der Waals surface area contributed by atoms with Crippen LogP contribution in [0.4, 0.5) is 15.8 Å². The van der Waals surface area contributed by atoms with E-state index in [1.807, 2.05) is 43.5 Å². The molecule has 4 rings (SSSR count). The molecule has 3 aromatic rings. The smallest absolute Gasteiger partial charge is 0.224 e. The van der Waals surface area contributed by atoms with E-state index in [9.17, 15) is 9.18 Å². The first-order valence-electron chi connectivity index (χ1n) is 11.2. The lowest BCUT2D eigenvalue weighted by molar-refractivity contribution is -0.116. The number of aromatic amines is 1. The van der Waals surface area contributed by atoms with Crippen LogP contribution in [-0.4, -0.2) is 53.7 Å². The molecule has 1 amide bonds. The lowest BCUT2D eigenvalue weighted by atomic mass is 10.1. The van der Waals surface area contributed by atoms with Gasteiger partial charge in [-0.15, -0.1) is 0 Å². The number of piperazine rings is 1. The van der Waals surface area contributed by atoms with Gasteiger partial charge in [0, 0.05) is 55.7 Å². The van der Waals surface area contributed by atoms with E-state index in [0.29, 0.717) is 6.42 Å². The van der Waals surface area contributed by atoms with Crippen LogP contribution in [0.2, 0.25) is 0 Å². The third kappa shape index (κ3) is 5.73. The molecule has 0 atom stereocenters. The highest BCUT2D eigenvalue weighted by Gasteiger charge is 2.18. The predicted octanol–water partition coefficient (Wildman–Crippen LogP) is 4.46. The second-order valence-corrected chi connectivity index (χ2v) is 8.33. The highest BCUT2D eigenvalue weighted by Crippen LogP contribution is 2.23. The normalized spacial score (nSPS) is 14.5. The van der Waals surface area contributed by atoms with Gasteiger partial charge in [-0.1, -0.05) is 18.2 Å². The van der Waals surface area contributed by atoms with Crippen LogP contribution in [0, 0.1) is 12.7 Å². The van der Waals surface area contributed by atoms with E-state index in [1.165, 1.54) is 6.07 Å². The van der Waals surface area contributed by atoms with E-state index in [1.54, 1.807) is 12.3 Å². The van der Waals surface area contributed by atoms with Gasteiger partial charge in [-0.05, 0) is 61.7 Å². The summed E-state index contributed by atoms with van der Waals surface area (Å²) in [6.07, 6.45) is 5.99. The third-order valence-corrected chi connectivity index (χ3v) is 6.01. The summed E-state index contributed by atoms with van der Waals surface area (Å²) in [4.78, 5) is 17.0. The first-order chi connectivity index (χ1) is 15.6. The zero-order chi connectivity index (χ0) is 22.3. The predicted molar refractivity (Wildman–Crippen MR) is 126 cm³/mol. The summed E-state index contributed by atoms with van der Waals surface area (Å²) in [5.74, 6) is -0.132. The SMILES string of the molecule is Cc1ccc(F)cc1N1CCN(CCCCC(=O)Nc2ccc(-c3cn[nH]c3)cc2)CC1. The number of anilines is 2. The molecule has 2 heterocycles. The van der Waals surface area contributed by atoms with Crippen molar-refractivity contribution < 1.29 is 9.18 Å². The molecule has 1 aliphatic rings. The van der Waals surface area contributed by atoms with Crippen LogP contribution in [0.5, 0.6) is 0 Å². The van der Waals surface area contributed by atoms with Crippen molar-refractivity contribution in [3.63, 3.8) is 0 Å². The van der Waals surface area contributed by atoms with Crippen molar-refractivity contribution in [2.24, 2.45) is 0 Å². The summed E-state index contributed by atoms with van der Waals surface area (Å²) < 4.78 is 13.6. The molecule has 2 aromatic carbocycles. The molecular weight excluding hydrogens is 405 g/mol. The van der Waals surface area contributed by atoms with Crippen LogP contribution in [-0.2, 0) is 4.79 Å². The molecule has 0 spiro atoms. The average Bonchev–Trinajstić information content (AvgIpc) is 3.34. The Balaban J connectivity index is 1.14. The number of unbranched alkanes of at least 4 members (excludes halogenated alkanes) is 1. The van der Waals surface area contributed by atoms with Crippen molar-refractivity contribution in [2.75, 3.05) is 42.9 Å². The standard InChI is InChI=1S/C25H30FN5O/c1-19-5-8-22(26)16-24(19)31-14-12-30(13-15-31)11-3-2-4-25(32)29-23-9-6-20(7-10-23)21-17-27-28-18-21/h5-10,16-18H,2-4,11-15H2,1H3,(H,27,28)(H,29,32). The minimum absolute atomic E-state index is 0.0486. The van der Waals surface area contributed by atoms with Crippen LogP contribution in [0.3, 0.4) is 0 Å². The van der Waals surface area contributed by atoms with Gasteiger partial charge in [-0.25, -0.2) is 4.39 Å². The highest BCUT2D eigenvalue weighted by molar-refractivity contribution is 5.90. The van der Waals surface area contributed by atoms with E-state index in [0.717, 1.165) is 73.6 Å². The molecule has 0 bridgehead atoms. The molecule has 0 saturated carbocycles. The Bertz CT molecular complexity index is 1010. The zero-order valence-corrected chi connectivity index (χ0v) is 18.5. The summed E-state index contributed by atoms with van der Waals surface area (Å²) in [5.41, 5.74) is 5.01. The minimum atomic E-state index is -0.180. The maximum atomic E-state index is 13.6. The second-order valence-electron chi connectivity index (χ2n) is 8.33. The number of nitrogens with one attached hydrogen (secondary N) is 2. The van der Waals surface area contributed by atoms with E-state index in [2.05, 4.69) is 25.3 Å². The van der Waals surface area contributed by atoms with Crippen molar-refractivity contribution in [3.8, 4) is 11.1 Å². The molecular formula is C25H30FN5O. The van der Waals surface area contributed by atoms with Crippen molar-refractivity contribution in [1.29, 1.82) is 0 Å². The Morgan fingerprint density at radius 1 is 1.06 bits per heavy atom. The van der Waals surface area contributed by atoms with Crippen LogP contribution in [0.1, 0.15) is 24.8 Å². The van der Waals surface area contributed by atoms with Gasteiger partial charge in [-0.3, -0.25) is 14.8 Å². The van der Waals surface area contributed by atoms with Gasteiger partial charge in [0.15, 0.2) is 0 Å². The van der Waals surface area contributed by atoms with E-state index < -0.39 is 0 Å². The fraction of sp³-hybridized carbons (Fsp3) is 0.360.